The van der Waals surface area contributed by atoms with E-state index < -0.39 is 5.34 Å². The van der Waals surface area contributed by atoms with E-state index in [2.05, 4.69) is 4.89 Å². The molecule has 62 valence electrons. The fraction of sp³-hybridized carbons (Fsp3) is 0.250. The summed E-state index contributed by atoms with van der Waals surface area (Å²) in [6.07, 6.45) is 0. The lowest BCUT2D eigenvalue weighted by atomic mass is 10.1. The van der Waals surface area contributed by atoms with Gasteiger partial charge in [0.15, 0.2) is 0 Å². The van der Waals surface area contributed by atoms with Crippen LogP contribution in [0.4, 0.5) is 0 Å². The number of hydrogen-bond donors (Lipinski definition) is 0. The predicted molar refractivity (Wildman–Crippen MR) is 42.8 cm³/mol. The van der Waals surface area contributed by atoms with Crippen LogP contribution >= 0.6 is 8.46 Å². The summed E-state index contributed by atoms with van der Waals surface area (Å²) in [4.78, 5) is 9.41. The molecule has 1 aliphatic rings. The summed E-state index contributed by atoms with van der Waals surface area (Å²) in [6, 6.07) is 9.40. The molecule has 1 heterocycles. The first-order valence-electron chi connectivity index (χ1n) is 3.58. The summed E-state index contributed by atoms with van der Waals surface area (Å²) in [5.74, 6) is 0. The zero-order valence-electron chi connectivity index (χ0n) is 6.27. The molecule has 0 bridgehead atoms. The van der Waals surface area contributed by atoms with Gasteiger partial charge in [0.25, 0.3) is 0 Å². The molecule has 1 saturated heterocycles. The van der Waals surface area contributed by atoms with Crippen molar-refractivity contribution < 1.29 is 14.3 Å². The van der Waals surface area contributed by atoms with Crippen molar-refractivity contribution in [3.05, 3.63) is 35.9 Å². The van der Waals surface area contributed by atoms with Gasteiger partial charge in [-0.2, -0.15) is 0 Å². The highest BCUT2D eigenvalue weighted by molar-refractivity contribution is 7.25. The van der Waals surface area contributed by atoms with Gasteiger partial charge in [-0.05, 0) is 0 Å². The Hall–Kier alpha value is -0.760. The fourth-order valence-corrected chi connectivity index (χ4v) is 1.54. The van der Waals surface area contributed by atoms with Gasteiger partial charge in [-0.15, -0.1) is 0 Å². The molecule has 1 aliphatic heterocycles. The minimum absolute atomic E-state index is 0.0581. The van der Waals surface area contributed by atoms with Gasteiger partial charge in [0.2, 0.25) is 13.8 Å². The van der Waals surface area contributed by atoms with E-state index in [1.165, 1.54) is 0 Å². The van der Waals surface area contributed by atoms with Gasteiger partial charge in [0.1, 0.15) is 6.61 Å². The molecule has 0 aliphatic carbocycles. The lowest BCUT2D eigenvalue weighted by Crippen LogP contribution is -2.39. The van der Waals surface area contributed by atoms with Gasteiger partial charge >= 0.3 is 0 Å². The summed E-state index contributed by atoms with van der Waals surface area (Å²) in [5, 5.41) is -0.749. The van der Waals surface area contributed by atoms with Gasteiger partial charge in [0, 0.05) is 5.56 Å². The SMILES string of the molecule is O=PC1(c2ccccc2)COO1. The smallest absolute Gasteiger partial charge is 0.233 e. The molecule has 1 unspecified atom stereocenters. The molecule has 0 aromatic heterocycles. The first-order chi connectivity index (χ1) is 5.87. The second-order valence-electron chi connectivity index (χ2n) is 2.59. The highest BCUT2D eigenvalue weighted by Crippen LogP contribution is 2.42. The third-order valence-corrected chi connectivity index (χ3v) is 2.58. The second-order valence-corrected chi connectivity index (χ2v) is 3.49. The molecule has 1 aromatic rings. The maximum Gasteiger partial charge on any atom is 0.233 e. The largest absolute Gasteiger partial charge is 0.271 e. The van der Waals surface area contributed by atoms with Crippen LogP contribution in [-0.2, 0) is 19.7 Å². The minimum atomic E-state index is -0.749. The Bertz CT molecular complexity index is 282. The van der Waals surface area contributed by atoms with E-state index >= 15 is 0 Å². The lowest BCUT2D eigenvalue weighted by molar-refractivity contribution is -0.447. The zero-order valence-corrected chi connectivity index (χ0v) is 7.16. The maximum absolute atomic E-state index is 10.8. The van der Waals surface area contributed by atoms with Crippen LogP contribution in [0.3, 0.4) is 0 Å². The van der Waals surface area contributed by atoms with E-state index in [1.54, 1.807) is 0 Å². The van der Waals surface area contributed by atoms with Gasteiger partial charge in [-0.1, -0.05) is 30.3 Å². The van der Waals surface area contributed by atoms with Crippen molar-refractivity contribution in [2.45, 2.75) is 5.34 Å². The first kappa shape index (κ1) is 7.87. The molecule has 3 nitrogen and oxygen atoms in total. The van der Waals surface area contributed by atoms with Crippen molar-refractivity contribution in [2.75, 3.05) is 6.61 Å². The topological polar surface area (TPSA) is 35.5 Å². The molecule has 1 fully saturated rings. The normalized spacial score (nSPS) is 28.3. The molecule has 0 saturated carbocycles. The molecule has 0 N–H and O–H groups in total. The van der Waals surface area contributed by atoms with E-state index in [-0.39, 0.29) is 8.46 Å². The van der Waals surface area contributed by atoms with E-state index in [1.807, 2.05) is 30.3 Å². The quantitative estimate of drug-likeness (QED) is 0.519. The van der Waals surface area contributed by atoms with Crippen molar-refractivity contribution in [3.8, 4) is 0 Å². The summed E-state index contributed by atoms with van der Waals surface area (Å²) >= 11 is 0. The van der Waals surface area contributed by atoms with Gasteiger partial charge in [-0.3, -0.25) is 4.57 Å². The summed E-state index contributed by atoms with van der Waals surface area (Å²) < 4.78 is 10.8. The summed E-state index contributed by atoms with van der Waals surface area (Å²) in [5.41, 5.74) is 0.882. The third-order valence-electron chi connectivity index (χ3n) is 1.82. The maximum atomic E-state index is 10.8. The molecule has 0 radical (unpaired) electrons. The number of rotatable bonds is 2. The Morgan fingerprint density at radius 1 is 1.33 bits per heavy atom. The minimum Gasteiger partial charge on any atom is -0.271 e. The molecule has 0 amide bonds. The van der Waals surface area contributed by atoms with Gasteiger partial charge in [0.05, 0.1) is 0 Å². The monoisotopic (exact) mass is 182 g/mol. The molecular formula is C8H7O3P. The van der Waals surface area contributed by atoms with E-state index in [9.17, 15) is 4.57 Å². The first-order valence-corrected chi connectivity index (χ1v) is 4.39. The van der Waals surface area contributed by atoms with E-state index in [0.717, 1.165) is 5.56 Å². The predicted octanol–water partition coefficient (Wildman–Crippen LogP) is 2.09. The van der Waals surface area contributed by atoms with Crippen LogP contribution in [-0.4, -0.2) is 6.61 Å². The standard InChI is InChI=1S/C8H7O3P/c9-12-8(6-10-11-8)7-4-2-1-3-5-7/h1-5H,6H2. The molecular weight excluding hydrogens is 175 g/mol. The van der Waals surface area contributed by atoms with Gasteiger partial charge < -0.3 is 0 Å². The highest BCUT2D eigenvalue weighted by atomic mass is 31.1. The number of hydrogen-bond acceptors (Lipinski definition) is 3. The molecule has 1 atom stereocenters. The van der Waals surface area contributed by atoms with Crippen LogP contribution in [0.1, 0.15) is 5.56 Å². The molecule has 2 rings (SSSR count). The fourth-order valence-electron chi connectivity index (χ4n) is 1.09. The lowest BCUT2D eigenvalue weighted by Gasteiger charge is -2.33. The number of benzene rings is 1. The Labute approximate surface area is 71.4 Å². The second kappa shape index (κ2) is 2.94. The third kappa shape index (κ3) is 1.07. The molecule has 0 spiro atoms. The van der Waals surface area contributed by atoms with Crippen LogP contribution in [0, 0.1) is 0 Å². The Kier molecular flexibility index (Phi) is 1.93. The van der Waals surface area contributed by atoms with Crippen LogP contribution in [0.25, 0.3) is 0 Å². The van der Waals surface area contributed by atoms with Crippen LogP contribution in [0.2, 0.25) is 0 Å². The zero-order chi connectivity index (χ0) is 8.44. The van der Waals surface area contributed by atoms with Crippen LogP contribution in [0.5, 0.6) is 0 Å². The van der Waals surface area contributed by atoms with Crippen molar-refractivity contribution in [3.63, 3.8) is 0 Å². The van der Waals surface area contributed by atoms with E-state index in [4.69, 9.17) is 4.89 Å². The van der Waals surface area contributed by atoms with Crippen LogP contribution < -0.4 is 0 Å². The Balaban J connectivity index is 2.34. The Morgan fingerprint density at radius 3 is 2.42 bits per heavy atom. The van der Waals surface area contributed by atoms with Crippen molar-refractivity contribution in [2.24, 2.45) is 0 Å². The van der Waals surface area contributed by atoms with Gasteiger partial charge in [-0.25, -0.2) is 9.78 Å². The summed E-state index contributed by atoms with van der Waals surface area (Å²) in [6.45, 7) is 0.349. The Morgan fingerprint density at radius 2 is 2.00 bits per heavy atom. The van der Waals surface area contributed by atoms with Crippen molar-refractivity contribution in [1.82, 2.24) is 0 Å². The van der Waals surface area contributed by atoms with Crippen molar-refractivity contribution in [1.29, 1.82) is 0 Å². The summed E-state index contributed by atoms with van der Waals surface area (Å²) in [7, 11) is -0.0581. The van der Waals surface area contributed by atoms with E-state index in [0.29, 0.717) is 6.61 Å². The van der Waals surface area contributed by atoms with Crippen molar-refractivity contribution >= 4 is 8.46 Å². The molecule has 12 heavy (non-hydrogen) atoms. The highest BCUT2D eigenvalue weighted by Gasteiger charge is 2.44. The average molecular weight is 182 g/mol. The van der Waals surface area contributed by atoms with Crippen LogP contribution in [0.15, 0.2) is 30.3 Å². The molecule has 4 heteroatoms. The average Bonchev–Trinajstić information content (AvgIpc) is 2.05. The molecule has 1 aromatic carbocycles.